The van der Waals surface area contributed by atoms with Crippen molar-refractivity contribution < 1.29 is 22.8 Å². The van der Waals surface area contributed by atoms with E-state index in [0.29, 0.717) is 16.9 Å². The Hall–Kier alpha value is -3.29. The summed E-state index contributed by atoms with van der Waals surface area (Å²) in [5.74, 6) is -0.907. The zero-order valence-corrected chi connectivity index (χ0v) is 15.6. The summed E-state index contributed by atoms with van der Waals surface area (Å²) in [5, 5.41) is 6.64. The lowest BCUT2D eigenvalue weighted by Gasteiger charge is -2.09. The summed E-state index contributed by atoms with van der Waals surface area (Å²) in [6.07, 6.45) is 1.41. The van der Waals surface area contributed by atoms with Crippen LogP contribution in [0.1, 0.15) is 35.5 Å². The summed E-state index contributed by atoms with van der Waals surface area (Å²) in [6.45, 7) is 5.42. The Balaban J connectivity index is 1.75. The molecule has 2 heterocycles. The molecule has 0 spiro atoms. The smallest absolute Gasteiger partial charge is 0.253 e. The minimum Gasteiger partial charge on any atom is -0.473 e. The van der Waals surface area contributed by atoms with Gasteiger partial charge >= 0.3 is 0 Å². The molecule has 2 aromatic heterocycles. The SMILES string of the molecule is Cc1onc(-c2ccc(F)cc2F)c1COc1ccc(C(=O)NC(C)C)cn1. The van der Waals surface area contributed by atoms with Crippen LogP contribution in [0.3, 0.4) is 0 Å². The van der Waals surface area contributed by atoms with Crippen molar-refractivity contribution in [2.45, 2.75) is 33.4 Å². The monoisotopic (exact) mass is 387 g/mol. The summed E-state index contributed by atoms with van der Waals surface area (Å²) in [4.78, 5) is 16.0. The zero-order chi connectivity index (χ0) is 20.3. The molecule has 6 nitrogen and oxygen atoms in total. The Labute approximate surface area is 160 Å². The number of ether oxygens (including phenoxy) is 1. The number of halogens is 2. The number of aromatic nitrogens is 2. The second-order valence-corrected chi connectivity index (χ2v) is 6.49. The molecule has 0 radical (unpaired) electrons. The van der Waals surface area contributed by atoms with Gasteiger partial charge in [0.25, 0.3) is 5.91 Å². The van der Waals surface area contributed by atoms with Gasteiger partial charge in [0.2, 0.25) is 5.88 Å². The number of carbonyl (C=O) groups excluding carboxylic acids is 1. The summed E-state index contributed by atoms with van der Waals surface area (Å²) in [5.41, 5.74) is 1.29. The van der Waals surface area contributed by atoms with Gasteiger partial charge in [0.15, 0.2) is 0 Å². The van der Waals surface area contributed by atoms with Gasteiger partial charge < -0.3 is 14.6 Å². The van der Waals surface area contributed by atoms with E-state index in [2.05, 4.69) is 15.5 Å². The predicted molar refractivity (Wildman–Crippen MR) is 97.8 cm³/mol. The molecular formula is C20H19F2N3O3. The maximum Gasteiger partial charge on any atom is 0.253 e. The summed E-state index contributed by atoms with van der Waals surface area (Å²) < 4.78 is 38.0. The first kappa shape index (κ1) is 19.5. The van der Waals surface area contributed by atoms with Crippen LogP contribution in [0.5, 0.6) is 5.88 Å². The first-order valence-corrected chi connectivity index (χ1v) is 8.65. The van der Waals surface area contributed by atoms with E-state index in [4.69, 9.17) is 9.26 Å². The van der Waals surface area contributed by atoms with Crippen molar-refractivity contribution in [2.75, 3.05) is 0 Å². The lowest BCUT2D eigenvalue weighted by atomic mass is 10.1. The van der Waals surface area contributed by atoms with Crippen molar-refractivity contribution in [1.29, 1.82) is 0 Å². The van der Waals surface area contributed by atoms with Crippen molar-refractivity contribution in [2.24, 2.45) is 0 Å². The van der Waals surface area contributed by atoms with Gasteiger partial charge in [-0.15, -0.1) is 0 Å². The molecule has 0 aliphatic carbocycles. The van der Waals surface area contributed by atoms with Crippen LogP contribution in [0.25, 0.3) is 11.3 Å². The third-order valence-corrected chi connectivity index (χ3v) is 3.95. The average molecular weight is 387 g/mol. The van der Waals surface area contributed by atoms with Gasteiger partial charge in [-0.3, -0.25) is 4.79 Å². The lowest BCUT2D eigenvalue weighted by Crippen LogP contribution is -2.30. The Morgan fingerprint density at radius 2 is 2.04 bits per heavy atom. The molecule has 146 valence electrons. The number of carbonyl (C=O) groups is 1. The Bertz CT molecular complexity index is 985. The summed E-state index contributed by atoms with van der Waals surface area (Å²) in [7, 11) is 0. The molecule has 0 aliphatic rings. The van der Waals surface area contributed by atoms with Gasteiger partial charge in [-0.25, -0.2) is 13.8 Å². The van der Waals surface area contributed by atoms with Crippen molar-refractivity contribution in [3.63, 3.8) is 0 Å². The van der Waals surface area contributed by atoms with Crippen molar-refractivity contribution >= 4 is 5.91 Å². The molecule has 3 aromatic rings. The average Bonchev–Trinajstić information content (AvgIpc) is 3.00. The highest BCUT2D eigenvalue weighted by molar-refractivity contribution is 5.94. The molecule has 0 aliphatic heterocycles. The van der Waals surface area contributed by atoms with E-state index in [0.717, 1.165) is 12.1 Å². The quantitative estimate of drug-likeness (QED) is 0.691. The Morgan fingerprint density at radius 1 is 1.25 bits per heavy atom. The van der Waals surface area contributed by atoms with Crippen LogP contribution in [-0.2, 0) is 6.61 Å². The fourth-order valence-corrected chi connectivity index (χ4v) is 2.55. The highest BCUT2D eigenvalue weighted by atomic mass is 19.1. The van der Waals surface area contributed by atoms with Crippen LogP contribution < -0.4 is 10.1 Å². The van der Waals surface area contributed by atoms with Crippen LogP contribution in [0.2, 0.25) is 0 Å². The van der Waals surface area contributed by atoms with E-state index in [1.165, 1.54) is 12.3 Å². The largest absolute Gasteiger partial charge is 0.473 e. The zero-order valence-electron chi connectivity index (χ0n) is 15.6. The molecule has 3 rings (SSSR count). The van der Waals surface area contributed by atoms with Gasteiger partial charge in [-0.2, -0.15) is 0 Å². The number of rotatable bonds is 6. The van der Waals surface area contributed by atoms with E-state index < -0.39 is 11.6 Å². The van der Waals surface area contributed by atoms with Gasteiger partial charge in [0.05, 0.1) is 11.1 Å². The number of hydrogen-bond donors (Lipinski definition) is 1. The molecule has 0 atom stereocenters. The van der Waals surface area contributed by atoms with Crippen LogP contribution in [0.15, 0.2) is 41.1 Å². The molecule has 1 amide bonds. The molecule has 1 aromatic carbocycles. The normalized spacial score (nSPS) is 10.9. The minimum atomic E-state index is -0.742. The third kappa shape index (κ3) is 4.33. The van der Waals surface area contributed by atoms with E-state index in [-0.39, 0.29) is 35.7 Å². The number of amides is 1. The molecule has 0 bridgehead atoms. The second kappa shape index (κ2) is 8.16. The lowest BCUT2D eigenvalue weighted by molar-refractivity contribution is 0.0942. The second-order valence-electron chi connectivity index (χ2n) is 6.49. The maximum absolute atomic E-state index is 14.1. The fourth-order valence-electron chi connectivity index (χ4n) is 2.55. The predicted octanol–water partition coefficient (Wildman–Crippen LogP) is 4.04. The molecule has 28 heavy (non-hydrogen) atoms. The van der Waals surface area contributed by atoms with Crippen LogP contribution in [0, 0.1) is 18.6 Å². The van der Waals surface area contributed by atoms with E-state index in [1.807, 2.05) is 13.8 Å². The number of pyridine rings is 1. The number of nitrogens with one attached hydrogen (secondary N) is 1. The van der Waals surface area contributed by atoms with Gasteiger partial charge in [0, 0.05) is 29.9 Å². The third-order valence-electron chi connectivity index (χ3n) is 3.95. The molecule has 0 unspecified atom stereocenters. The number of hydrogen-bond acceptors (Lipinski definition) is 5. The van der Waals surface area contributed by atoms with Gasteiger partial charge in [-0.05, 0) is 39.0 Å². The number of nitrogens with zero attached hydrogens (tertiary/aromatic N) is 2. The maximum atomic E-state index is 14.1. The fraction of sp³-hybridized carbons (Fsp3) is 0.250. The van der Waals surface area contributed by atoms with Gasteiger partial charge in [-0.1, -0.05) is 5.16 Å². The summed E-state index contributed by atoms with van der Waals surface area (Å²) in [6, 6.07) is 6.41. The number of aryl methyl sites for hydroxylation is 1. The van der Waals surface area contributed by atoms with E-state index in [9.17, 15) is 13.6 Å². The van der Waals surface area contributed by atoms with Gasteiger partial charge in [0.1, 0.15) is 29.7 Å². The Morgan fingerprint density at radius 3 is 2.68 bits per heavy atom. The van der Waals surface area contributed by atoms with E-state index in [1.54, 1.807) is 19.1 Å². The molecule has 8 heteroatoms. The van der Waals surface area contributed by atoms with Crippen LogP contribution in [0.4, 0.5) is 8.78 Å². The number of benzene rings is 1. The van der Waals surface area contributed by atoms with Crippen molar-refractivity contribution in [3.8, 4) is 17.1 Å². The minimum absolute atomic E-state index is 0.0188. The standard InChI is InChI=1S/C20H19F2N3O3/c1-11(2)24-20(26)13-4-7-18(23-9-13)27-10-16-12(3)28-25-19(16)15-6-5-14(21)8-17(15)22/h4-9,11H,10H2,1-3H3,(H,24,26). The van der Waals surface area contributed by atoms with Crippen molar-refractivity contribution in [1.82, 2.24) is 15.5 Å². The first-order chi connectivity index (χ1) is 13.3. The topological polar surface area (TPSA) is 77.2 Å². The molecule has 0 saturated heterocycles. The molecule has 1 N–H and O–H groups in total. The van der Waals surface area contributed by atoms with Crippen LogP contribution in [-0.4, -0.2) is 22.1 Å². The highest BCUT2D eigenvalue weighted by Crippen LogP contribution is 2.28. The van der Waals surface area contributed by atoms with E-state index >= 15 is 0 Å². The highest BCUT2D eigenvalue weighted by Gasteiger charge is 2.19. The first-order valence-electron chi connectivity index (χ1n) is 8.65. The molecule has 0 fully saturated rings. The summed E-state index contributed by atoms with van der Waals surface area (Å²) >= 11 is 0. The van der Waals surface area contributed by atoms with Crippen LogP contribution >= 0.6 is 0 Å². The molecular weight excluding hydrogens is 368 g/mol. The molecule has 0 saturated carbocycles. The Kier molecular flexibility index (Phi) is 5.67. The van der Waals surface area contributed by atoms with Crippen molar-refractivity contribution in [3.05, 3.63) is 65.1 Å².